The lowest BCUT2D eigenvalue weighted by molar-refractivity contribution is -0.140. The average molecular weight is 464 g/mol. The summed E-state index contributed by atoms with van der Waals surface area (Å²) in [6, 6.07) is 9.96. The summed E-state index contributed by atoms with van der Waals surface area (Å²) >= 11 is 0. The monoisotopic (exact) mass is 463 g/mol. The molecule has 2 aromatic rings. The minimum absolute atomic E-state index is 0.0610. The normalized spacial score (nSPS) is 20.6. The number of rotatable bonds is 4. The number of likely N-dealkylation sites (tertiary alicyclic amines) is 1. The fourth-order valence-corrected chi connectivity index (χ4v) is 5.76. The van der Waals surface area contributed by atoms with Crippen molar-refractivity contribution in [3.8, 4) is 16.9 Å². The van der Waals surface area contributed by atoms with E-state index >= 15 is 0 Å². The van der Waals surface area contributed by atoms with E-state index in [9.17, 15) is 18.8 Å². The summed E-state index contributed by atoms with van der Waals surface area (Å²) < 4.78 is 19.0. The van der Waals surface area contributed by atoms with E-state index in [0.717, 1.165) is 29.5 Å². The largest absolute Gasteiger partial charge is 0.496 e. The predicted octanol–water partition coefficient (Wildman–Crippen LogP) is 4.84. The van der Waals surface area contributed by atoms with Crippen LogP contribution in [0.1, 0.15) is 55.6 Å². The molecule has 178 valence electrons. The minimum atomic E-state index is -0.825. The van der Waals surface area contributed by atoms with Crippen LogP contribution in [0.15, 0.2) is 36.4 Å². The van der Waals surface area contributed by atoms with Crippen LogP contribution >= 0.6 is 0 Å². The van der Waals surface area contributed by atoms with Crippen LogP contribution in [0.25, 0.3) is 11.1 Å². The Morgan fingerprint density at radius 3 is 2.18 bits per heavy atom. The van der Waals surface area contributed by atoms with Crippen LogP contribution in [0.3, 0.4) is 0 Å². The van der Waals surface area contributed by atoms with Crippen LogP contribution in [-0.2, 0) is 14.4 Å². The van der Waals surface area contributed by atoms with Crippen LogP contribution in [0, 0.1) is 24.1 Å². The van der Waals surface area contributed by atoms with Crippen molar-refractivity contribution in [2.24, 2.45) is 11.3 Å². The molecule has 3 fully saturated rings. The van der Waals surface area contributed by atoms with Gasteiger partial charge < -0.3 is 9.64 Å². The zero-order valence-corrected chi connectivity index (χ0v) is 19.7. The van der Waals surface area contributed by atoms with Gasteiger partial charge in [0.25, 0.3) is 0 Å². The number of amides is 1. The maximum atomic E-state index is 13.4. The van der Waals surface area contributed by atoms with Crippen LogP contribution in [-0.4, -0.2) is 42.6 Å². The molecule has 1 amide bonds. The first-order valence-electron chi connectivity index (χ1n) is 12.1. The zero-order valence-electron chi connectivity index (χ0n) is 19.7. The lowest BCUT2D eigenvalue weighted by Gasteiger charge is -2.44. The van der Waals surface area contributed by atoms with Gasteiger partial charge in [0.05, 0.1) is 7.11 Å². The van der Waals surface area contributed by atoms with Crippen molar-refractivity contribution in [1.29, 1.82) is 0 Å². The lowest BCUT2D eigenvalue weighted by atomic mass is 9.63. The Labute approximate surface area is 199 Å². The topological polar surface area (TPSA) is 63.7 Å². The third kappa shape index (κ3) is 4.15. The molecule has 2 aromatic carbocycles. The van der Waals surface area contributed by atoms with Crippen molar-refractivity contribution in [3.63, 3.8) is 0 Å². The van der Waals surface area contributed by atoms with E-state index in [-0.39, 0.29) is 34.6 Å². The number of carbonyl (C=O) groups excluding carboxylic acids is 3. The van der Waals surface area contributed by atoms with E-state index in [4.69, 9.17) is 4.74 Å². The van der Waals surface area contributed by atoms with Crippen molar-refractivity contribution in [2.75, 3.05) is 20.2 Å². The molecule has 3 aliphatic rings. The Morgan fingerprint density at radius 1 is 1.00 bits per heavy atom. The third-order valence-electron chi connectivity index (χ3n) is 7.84. The number of ether oxygens (including phenoxy) is 1. The molecule has 6 heteroatoms. The fourth-order valence-electron chi connectivity index (χ4n) is 5.76. The van der Waals surface area contributed by atoms with Crippen molar-refractivity contribution >= 4 is 17.5 Å². The molecule has 0 aromatic heterocycles. The smallest absolute Gasteiger partial charge is 0.225 e. The van der Waals surface area contributed by atoms with Crippen LogP contribution in [0.4, 0.5) is 4.39 Å². The number of hydrogen-bond acceptors (Lipinski definition) is 4. The molecule has 5 rings (SSSR count). The molecule has 1 saturated heterocycles. The molecule has 5 nitrogen and oxygen atoms in total. The highest BCUT2D eigenvalue weighted by Crippen LogP contribution is 2.48. The molecular weight excluding hydrogens is 433 g/mol. The Kier molecular flexibility index (Phi) is 5.78. The Balaban J connectivity index is 1.37. The molecule has 2 saturated carbocycles. The summed E-state index contributed by atoms with van der Waals surface area (Å²) in [5.74, 6) is -0.313. The molecule has 1 heterocycles. The fraction of sp³-hybridized carbons (Fsp3) is 0.464. The lowest BCUT2D eigenvalue weighted by Crippen LogP contribution is -2.48. The van der Waals surface area contributed by atoms with Crippen LogP contribution < -0.4 is 4.74 Å². The second-order valence-corrected chi connectivity index (χ2v) is 10.2. The molecule has 0 bridgehead atoms. The number of nitrogens with zero attached hydrogens (tertiary/aromatic N) is 1. The Bertz CT molecular complexity index is 1120. The van der Waals surface area contributed by atoms with E-state index in [2.05, 4.69) is 0 Å². The molecule has 1 aliphatic heterocycles. The first-order valence-corrected chi connectivity index (χ1v) is 12.1. The number of piperidine rings is 1. The number of halogens is 1. The van der Waals surface area contributed by atoms with Gasteiger partial charge in [0, 0.05) is 37.4 Å². The summed E-state index contributed by atoms with van der Waals surface area (Å²) in [7, 11) is 1.54. The van der Waals surface area contributed by atoms with Gasteiger partial charge in [0.2, 0.25) is 5.91 Å². The quantitative estimate of drug-likeness (QED) is 0.609. The Morgan fingerprint density at radius 2 is 1.62 bits per heavy atom. The number of aryl methyl sites for hydroxylation is 1. The number of hydrogen-bond donors (Lipinski definition) is 0. The second kappa shape index (κ2) is 8.64. The molecule has 34 heavy (non-hydrogen) atoms. The van der Waals surface area contributed by atoms with Gasteiger partial charge in [0.1, 0.15) is 29.1 Å². The van der Waals surface area contributed by atoms with Gasteiger partial charge in [-0.15, -0.1) is 0 Å². The van der Waals surface area contributed by atoms with Crippen molar-refractivity contribution < 1.29 is 23.5 Å². The van der Waals surface area contributed by atoms with E-state index in [1.165, 1.54) is 12.1 Å². The van der Waals surface area contributed by atoms with Gasteiger partial charge in [-0.3, -0.25) is 14.4 Å². The second-order valence-electron chi connectivity index (χ2n) is 10.2. The number of benzene rings is 2. The van der Waals surface area contributed by atoms with Crippen molar-refractivity contribution in [2.45, 2.75) is 51.4 Å². The summed E-state index contributed by atoms with van der Waals surface area (Å²) in [5, 5.41) is 0. The van der Waals surface area contributed by atoms with Crippen molar-refractivity contribution in [1.82, 2.24) is 4.90 Å². The molecule has 0 unspecified atom stereocenters. The minimum Gasteiger partial charge on any atom is -0.496 e. The van der Waals surface area contributed by atoms with Gasteiger partial charge in [-0.2, -0.15) is 0 Å². The standard InChI is InChI=1S/C28H30FNO4/c1-17-13-20(18-5-7-21(29)8-6-18)14-24(34-2)25(17)26-22(31)15-28(16-23(26)32)9-11-30(12-10-28)27(33)19-3-4-19/h5-8,13-14,19,26H,3-4,9-12,15-16H2,1-2H3. The highest BCUT2D eigenvalue weighted by atomic mass is 19.1. The van der Waals surface area contributed by atoms with Gasteiger partial charge in [-0.25, -0.2) is 4.39 Å². The number of methoxy groups -OCH3 is 1. The van der Waals surface area contributed by atoms with Gasteiger partial charge in [-0.05, 0) is 72.9 Å². The number of carbonyl (C=O) groups is 3. The first kappa shape index (κ1) is 22.8. The highest BCUT2D eigenvalue weighted by Gasteiger charge is 2.49. The summed E-state index contributed by atoms with van der Waals surface area (Å²) in [4.78, 5) is 41.2. The van der Waals surface area contributed by atoms with E-state index in [0.29, 0.717) is 50.1 Å². The molecule has 0 atom stereocenters. The third-order valence-corrected chi connectivity index (χ3v) is 7.84. The highest BCUT2D eigenvalue weighted by molar-refractivity contribution is 6.11. The maximum Gasteiger partial charge on any atom is 0.225 e. The zero-order chi connectivity index (χ0) is 24.0. The average Bonchev–Trinajstić information content (AvgIpc) is 3.65. The Hall–Kier alpha value is -3.02. The van der Waals surface area contributed by atoms with Crippen LogP contribution in [0.2, 0.25) is 0 Å². The van der Waals surface area contributed by atoms with Gasteiger partial charge in [-0.1, -0.05) is 18.2 Å². The number of ketones is 2. The molecule has 0 radical (unpaired) electrons. The molecule has 0 N–H and O–H groups in total. The summed E-state index contributed by atoms with van der Waals surface area (Å²) in [6.45, 7) is 3.16. The van der Waals surface area contributed by atoms with E-state index < -0.39 is 5.92 Å². The first-order chi connectivity index (χ1) is 16.3. The number of Topliss-reactive ketones (excluding diaryl/α,β-unsaturated/α-hetero) is 2. The summed E-state index contributed by atoms with van der Waals surface area (Å²) in [6.07, 6.45) is 4.10. The van der Waals surface area contributed by atoms with Crippen LogP contribution in [0.5, 0.6) is 5.75 Å². The van der Waals surface area contributed by atoms with Gasteiger partial charge >= 0.3 is 0 Å². The van der Waals surface area contributed by atoms with E-state index in [1.807, 2.05) is 24.0 Å². The molecular formula is C28H30FNO4. The predicted molar refractivity (Wildman–Crippen MR) is 126 cm³/mol. The summed E-state index contributed by atoms with van der Waals surface area (Å²) in [5.41, 5.74) is 2.80. The van der Waals surface area contributed by atoms with E-state index in [1.54, 1.807) is 19.2 Å². The van der Waals surface area contributed by atoms with Crippen molar-refractivity contribution in [3.05, 3.63) is 53.3 Å². The molecule has 1 spiro atoms. The van der Waals surface area contributed by atoms with Gasteiger partial charge in [0.15, 0.2) is 0 Å². The SMILES string of the molecule is COc1cc(-c2ccc(F)cc2)cc(C)c1C1C(=O)CC2(CCN(C(=O)C3CC3)CC2)CC1=O. The molecule has 2 aliphatic carbocycles. The maximum absolute atomic E-state index is 13.4.